The fourth-order valence-corrected chi connectivity index (χ4v) is 2.12. The second-order valence-electron chi connectivity index (χ2n) is 4.76. The Labute approximate surface area is 119 Å². The number of aromatic nitrogens is 3. The molecule has 0 amide bonds. The Morgan fingerprint density at radius 2 is 2.15 bits per heavy atom. The molecule has 0 saturated carbocycles. The Hall–Kier alpha value is -1.88. The molecule has 5 heteroatoms. The van der Waals surface area contributed by atoms with Gasteiger partial charge in [-0.15, -0.1) is 0 Å². The van der Waals surface area contributed by atoms with Crippen LogP contribution in [0.25, 0.3) is 0 Å². The average Bonchev–Trinajstić information content (AvgIpc) is 2.85. The van der Waals surface area contributed by atoms with Crippen molar-refractivity contribution in [3.8, 4) is 5.75 Å². The van der Waals surface area contributed by atoms with Gasteiger partial charge in [-0.3, -0.25) is 9.67 Å². The van der Waals surface area contributed by atoms with Crippen molar-refractivity contribution in [3.05, 3.63) is 41.5 Å². The monoisotopic (exact) mass is 275 g/mol. The molecule has 1 N–H and O–H groups in total. The number of aryl methyl sites for hydroxylation is 2. The van der Waals surface area contributed by atoms with Crippen molar-refractivity contribution in [1.29, 1.82) is 0 Å². The highest BCUT2D eigenvalue weighted by atomic mass is 16.5. The van der Waals surface area contributed by atoms with Crippen LogP contribution in [-0.4, -0.2) is 26.5 Å². The van der Waals surface area contributed by atoms with E-state index in [1.807, 2.05) is 26.2 Å². The summed E-state index contributed by atoms with van der Waals surface area (Å²) in [6.07, 6.45) is 6.17. The Balaban J connectivity index is 2.25. The summed E-state index contributed by atoms with van der Waals surface area (Å²) in [6.45, 7) is 4.72. The molecule has 0 radical (unpaired) electrons. The lowest BCUT2D eigenvalue weighted by Gasteiger charge is -2.12. The van der Waals surface area contributed by atoms with Gasteiger partial charge in [0.2, 0.25) is 0 Å². The van der Waals surface area contributed by atoms with E-state index in [-0.39, 0.29) is 0 Å². The van der Waals surface area contributed by atoms with Crippen molar-refractivity contribution in [3.63, 3.8) is 0 Å². The Morgan fingerprint density at radius 1 is 1.35 bits per heavy atom. The SMILES string of the molecule is CCCOc1cncc(C(O)c2cn(C)nc2CC)c1. The normalized spacial score (nSPS) is 12.4. The van der Waals surface area contributed by atoms with E-state index >= 15 is 0 Å². The zero-order valence-electron chi connectivity index (χ0n) is 12.2. The van der Waals surface area contributed by atoms with Crippen LogP contribution < -0.4 is 4.74 Å². The zero-order chi connectivity index (χ0) is 14.5. The number of rotatable bonds is 6. The summed E-state index contributed by atoms with van der Waals surface area (Å²) in [4.78, 5) is 4.13. The van der Waals surface area contributed by atoms with Crippen molar-refractivity contribution in [2.24, 2.45) is 7.05 Å². The van der Waals surface area contributed by atoms with Gasteiger partial charge in [0.15, 0.2) is 0 Å². The molecule has 2 aromatic rings. The molecule has 108 valence electrons. The summed E-state index contributed by atoms with van der Waals surface area (Å²) in [7, 11) is 1.86. The minimum atomic E-state index is -0.726. The number of ether oxygens (including phenoxy) is 1. The molecule has 2 rings (SSSR count). The molecule has 0 aliphatic carbocycles. The molecule has 0 fully saturated rings. The maximum Gasteiger partial charge on any atom is 0.137 e. The lowest BCUT2D eigenvalue weighted by atomic mass is 10.0. The number of aliphatic hydroxyl groups is 1. The predicted octanol–water partition coefficient (Wildman–Crippen LogP) is 2.25. The van der Waals surface area contributed by atoms with Crippen LogP contribution in [0.15, 0.2) is 24.7 Å². The number of nitrogens with zero attached hydrogens (tertiary/aromatic N) is 3. The van der Waals surface area contributed by atoms with Crippen LogP contribution in [0.2, 0.25) is 0 Å². The van der Waals surface area contributed by atoms with Crippen LogP contribution in [0.3, 0.4) is 0 Å². The number of aliphatic hydroxyl groups excluding tert-OH is 1. The van der Waals surface area contributed by atoms with Gasteiger partial charge < -0.3 is 9.84 Å². The highest BCUT2D eigenvalue weighted by Crippen LogP contribution is 2.26. The summed E-state index contributed by atoms with van der Waals surface area (Å²) in [6, 6.07) is 1.83. The fraction of sp³-hybridized carbons (Fsp3) is 0.467. The second kappa shape index (κ2) is 6.52. The first-order valence-corrected chi connectivity index (χ1v) is 6.93. The smallest absolute Gasteiger partial charge is 0.137 e. The summed E-state index contributed by atoms with van der Waals surface area (Å²) in [5.41, 5.74) is 2.45. The molecule has 1 unspecified atom stereocenters. The number of hydrogen-bond donors (Lipinski definition) is 1. The topological polar surface area (TPSA) is 60.2 Å². The summed E-state index contributed by atoms with van der Waals surface area (Å²) in [5, 5.41) is 14.9. The van der Waals surface area contributed by atoms with Gasteiger partial charge in [-0.2, -0.15) is 5.10 Å². The molecule has 0 spiro atoms. The van der Waals surface area contributed by atoms with Gasteiger partial charge in [-0.25, -0.2) is 0 Å². The first-order valence-electron chi connectivity index (χ1n) is 6.93. The van der Waals surface area contributed by atoms with Crippen molar-refractivity contribution in [2.45, 2.75) is 32.8 Å². The lowest BCUT2D eigenvalue weighted by molar-refractivity contribution is 0.217. The third-order valence-electron chi connectivity index (χ3n) is 3.09. The third kappa shape index (κ3) is 3.17. The Kier molecular flexibility index (Phi) is 4.74. The third-order valence-corrected chi connectivity index (χ3v) is 3.09. The van der Waals surface area contributed by atoms with Crippen molar-refractivity contribution in [1.82, 2.24) is 14.8 Å². The zero-order valence-corrected chi connectivity index (χ0v) is 12.2. The quantitative estimate of drug-likeness (QED) is 0.878. The predicted molar refractivity (Wildman–Crippen MR) is 76.7 cm³/mol. The number of pyridine rings is 1. The number of hydrogen-bond acceptors (Lipinski definition) is 4. The standard InChI is InChI=1S/C15H21N3O2/c1-4-6-20-12-7-11(8-16-9-12)15(19)13-10-18(3)17-14(13)5-2/h7-10,15,19H,4-6H2,1-3H3. The van der Waals surface area contributed by atoms with E-state index in [2.05, 4.69) is 17.0 Å². The van der Waals surface area contributed by atoms with Crippen LogP contribution in [-0.2, 0) is 13.5 Å². The molecule has 0 aliphatic rings. The van der Waals surface area contributed by atoms with E-state index in [9.17, 15) is 5.11 Å². The summed E-state index contributed by atoms with van der Waals surface area (Å²) in [5.74, 6) is 0.685. The van der Waals surface area contributed by atoms with Crippen molar-refractivity contribution >= 4 is 0 Å². The molecule has 0 bridgehead atoms. The highest BCUT2D eigenvalue weighted by Gasteiger charge is 2.18. The van der Waals surface area contributed by atoms with E-state index in [0.717, 1.165) is 29.7 Å². The molecular weight excluding hydrogens is 254 g/mol. The van der Waals surface area contributed by atoms with E-state index in [1.54, 1.807) is 17.1 Å². The molecule has 0 aromatic carbocycles. The first kappa shape index (κ1) is 14.5. The lowest BCUT2D eigenvalue weighted by Crippen LogP contribution is -2.03. The minimum absolute atomic E-state index is 0.647. The van der Waals surface area contributed by atoms with Gasteiger partial charge in [0.1, 0.15) is 11.9 Å². The molecule has 2 aromatic heterocycles. The minimum Gasteiger partial charge on any atom is -0.492 e. The molecule has 0 aliphatic heterocycles. The van der Waals surface area contributed by atoms with Gasteiger partial charge in [0.05, 0.1) is 18.5 Å². The summed E-state index contributed by atoms with van der Waals surface area (Å²) < 4.78 is 7.27. The first-order chi connectivity index (χ1) is 9.65. The van der Waals surface area contributed by atoms with E-state index < -0.39 is 6.10 Å². The molecule has 5 nitrogen and oxygen atoms in total. The van der Waals surface area contributed by atoms with Gasteiger partial charge in [-0.1, -0.05) is 13.8 Å². The van der Waals surface area contributed by atoms with Gasteiger partial charge in [0.25, 0.3) is 0 Å². The van der Waals surface area contributed by atoms with Gasteiger partial charge >= 0.3 is 0 Å². The van der Waals surface area contributed by atoms with Crippen LogP contribution in [0.4, 0.5) is 0 Å². The fourth-order valence-electron chi connectivity index (χ4n) is 2.12. The van der Waals surface area contributed by atoms with Crippen LogP contribution in [0.1, 0.15) is 43.2 Å². The largest absolute Gasteiger partial charge is 0.492 e. The van der Waals surface area contributed by atoms with Gasteiger partial charge in [-0.05, 0) is 18.9 Å². The molecule has 0 saturated heterocycles. The summed E-state index contributed by atoms with van der Waals surface area (Å²) >= 11 is 0. The second-order valence-corrected chi connectivity index (χ2v) is 4.76. The van der Waals surface area contributed by atoms with E-state index in [4.69, 9.17) is 4.74 Å². The van der Waals surface area contributed by atoms with Gasteiger partial charge in [0, 0.05) is 30.6 Å². The average molecular weight is 275 g/mol. The molecule has 2 heterocycles. The molecular formula is C15H21N3O2. The maximum absolute atomic E-state index is 10.5. The van der Waals surface area contributed by atoms with Crippen molar-refractivity contribution in [2.75, 3.05) is 6.61 Å². The molecule has 1 atom stereocenters. The maximum atomic E-state index is 10.5. The van der Waals surface area contributed by atoms with E-state index in [0.29, 0.717) is 12.4 Å². The highest BCUT2D eigenvalue weighted by molar-refractivity contribution is 5.33. The molecule has 20 heavy (non-hydrogen) atoms. The van der Waals surface area contributed by atoms with E-state index in [1.165, 1.54) is 0 Å². The van der Waals surface area contributed by atoms with Crippen molar-refractivity contribution < 1.29 is 9.84 Å². The van der Waals surface area contributed by atoms with Crippen LogP contribution >= 0.6 is 0 Å². The Bertz CT molecular complexity index is 566. The van der Waals surface area contributed by atoms with Crippen LogP contribution in [0.5, 0.6) is 5.75 Å². The van der Waals surface area contributed by atoms with Crippen LogP contribution in [0, 0.1) is 0 Å². The Morgan fingerprint density at radius 3 is 2.85 bits per heavy atom.